The van der Waals surface area contributed by atoms with Crippen LogP contribution in [-0.2, 0) is 4.79 Å². The summed E-state index contributed by atoms with van der Waals surface area (Å²) in [5.74, 6) is 2.62. The second-order valence-corrected chi connectivity index (χ2v) is 4.82. The van der Waals surface area contributed by atoms with Gasteiger partial charge in [-0.3, -0.25) is 4.79 Å². The van der Waals surface area contributed by atoms with E-state index in [9.17, 15) is 4.79 Å². The second-order valence-electron chi connectivity index (χ2n) is 4.82. The summed E-state index contributed by atoms with van der Waals surface area (Å²) < 4.78 is 0. The van der Waals surface area contributed by atoms with Crippen LogP contribution in [0, 0.1) is 23.7 Å². The van der Waals surface area contributed by atoms with Crippen molar-refractivity contribution >= 4 is 5.78 Å². The number of hydrogen-bond acceptors (Lipinski definition) is 1. The molecule has 0 unspecified atom stereocenters. The summed E-state index contributed by atoms with van der Waals surface area (Å²) in [7, 11) is 0. The van der Waals surface area contributed by atoms with E-state index in [1.807, 2.05) is 0 Å². The van der Waals surface area contributed by atoms with Crippen LogP contribution in [0.2, 0.25) is 0 Å². The maximum absolute atomic E-state index is 11.8. The third-order valence-electron chi connectivity index (χ3n) is 3.58. The molecule has 0 N–H and O–H groups in total. The van der Waals surface area contributed by atoms with Gasteiger partial charge in [0.1, 0.15) is 5.78 Å². The molecule has 0 bridgehead atoms. The van der Waals surface area contributed by atoms with E-state index in [0.29, 0.717) is 29.5 Å². The summed E-state index contributed by atoms with van der Waals surface area (Å²) in [6.07, 6.45) is 7.68. The van der Waals surface area contributed by atoms with Crippen molar-refractivity contribution in [1.82, 2.24) is 0 Å². The van der Waals surface area contributed by atoms with E-state index in [4.69, 9.17) is 0 Å². The van der Waals surface area contributed by atoms with Gasteiger partial charge in [-0.1, -0.05) is 26.0 Å². The fourth-order valence-electron chi connectivity index (χ4n) is 3.04. The van der Waals surface area contributed by atoms with Crippen LogP contribution in [0.15, 0.2) is 12.2 Å². The van der Waals surface area contributed by atoms with Gasteiger partial charge >= 0.3 is 0 Å². The highest BCUT2D eigenvalue weighted by Gasteiger charge is 2.38. The number of Topliss-reactive ketones (excluding diaryl/α,β-unsaturated/α-hetero) is 1. The van der Waals surface area contributed by atoms with Gasteiger partial charge in [-0.05, 0) is 30.6 Å². The van der Waals surface area contributed by atoms with Gasteiger partial charge < -0.3 is 0 Å². The van der Waals surface area contributed by atoms with Crippen LogP contribution in [0.25, 0.3) is 0 Å². The van der Waals surface area contributed by atoms with E-state index in [1.54, 1.807) is 0 Å². The molecule has 0 aliphatic heterocycles. The first-order chi connectivity index (χ1) is 6.18. The van der Waals surface area contributed by atoms with Crippen molar-refractivity contribution in [3.8, 4) is 0 Å². The molecule has 1 saturated carbocycles. The summed E-state index contributed by atoms with van der Waals surface area (Å²) in [6.45, 7) is 4.39. The Kier molecular flexibility index (Phi) is 2.27. The molecule has 4 atom stereocenters. The topological polar surface area (TPSA) is 17.1 Å². The molecule has 2 aliphatic carbocycles. The van der Waals surface area contributed by atoms with Gasteiger partial charge in [0.05, 0.1) is 0 Å². The number of carbonyl (C=O) groups excluding carboxylic acids is 1. The van der Waals surface area contributed by atoms with Crippen LogP contribution >= 0.6 is 0 Å². The molecule has 0 aromatic carbocycles. The van der Waals surface area contributed by atoms with E-state index in [2.05, 4.69) is 26.0 Å². The summed E-state index contributed by atoms with van der Waals surface area (Å²) >= 11 is 0. The van der Waals surface area contributed by atoms with E-state index in [-0.39, 0.29) is 0 Å². The minimum Gasteiger partial charge on any atom is -0.299 e. The fourth-order valence-corrected chi connectivity index (χ4v) is 3.04. The largest absolute Gasteiger partial charge is 0.299 e. The maximum atomic E-state index is 11.8. The van der Waals surface area contributed by atoms with Gasteiger partial charge in [0.2, 0.25) is 0 Å². The molecule has 1 nitrogen and oxygen atoms in total. The number of carbonyl (C=O) groups is 1. The highest BCUT2D eigenvalue weighted by Crippen LogP contribution is 2.40. The zero-order chi connectivity index (χ0) is 9.42. The Morgan fingerprint density at radius 3 is 2.92 bits per heavy atom. The predicted molar refractivity (Wildman–Crippen MR) is 53.3 cm³/mol. The van der Waals surface area contributed by atoms with Crippen LogP contribution in [0.1, 0.15) is 33.1 Å². The number of ketones is 1. The SMILES string of the molecule is C[C@H]1CC(=O)[C@H]2[C@@H](CC=C[C@@H]2C)C1. The maximum Gasteiger partial charge on any atom is 0.137 e. The van der Waals surface area contributed by atoms with Crippen LogP contribution in [0.3, 0.4) is 0 Å². The Balaban J connectivity index is 2.19. The monoisotopic (exact) mass is 178 g/mol. The standard InChI is InChI=1S/C12H18O/c1-8-6-10-5-3-4-9(2)12(10)11(13)7-8/h3-4,8-10,12H,5-7H2,1-2H3/t8-,9+,10+,12-/m1/s1. The van der Waals surface area contributed by atoms with Crippen LogP contribution in [0.5, 0.6) is 0 Å². The zero-order valence-electron chi connectivity index (χ0n) is 8.49. The summed E-state index contributed by atoms with van der Waals surface area (Å²) in [5, 5.41) is 0. The average molecular weight is 178 g/mol. The molecule has 0 heterocycles. The van der Waals surface area contributed by atoms with Crippen LogP contribution in [-0.4, -0.2) is 5.78 Å². The molecule has 0 aromatic rings. The van der Waals surface area contributed by atoms with Gasteiger partial charge in [-0.2, -0.15) is 0 Å². The molecule has 1 heteroatoms. The lowest BCUT2D eigenvalue weighted by atomic mass is 9.65. The van der Waals surface area contributed by atoms with E-state index in [1.165, 1.54) is 6.42 Å². The van der Waals surface area contributed by atoms with Crippen molar-refractivity contribution in [3.63, 3.8) is 0 Å². The molecular formula is C12H18O. The Labute approximate surface area is 80.2 Å². The van der Waals surface area contributed by atoms with Crippen molar-refractivity contribution in [1.29, 1.82) is 0 Å². The normalized spacial score (nSPS) is 44.6. The Bertz CT molecular complexity index is 242. The smallest absolute Gasteiger partial charge is 0.137 e. The Hall–Kier alpha value is -0.590. The fraction of sp³-hybridized carbons (Fsp3) is 0.750. The molecule has 2 rings (SSSR count). The number of rotatable bonds is 0. The molecular weight excluding hydrogens is 160 g/mol. The van der Waals surface area contributed by atoms with Crippen molar-refractivity contribution in [2.45, 2.75) is 33.1 Å². The highest BCUT2D eigenvalue weighted by molar-refractivity contribution is 5.83. The van der Waals surface area contributed by atoms with Crippen LogP contribution < -0.4 is 0 Å². The molecule has 0 spiro atoms. The molecule has 0 aromatic heterocycles. The number of fused-ring (bicyclic) bond motifs is 1. The average Bonchev–Trinajstić information content (AvgIpc) is 2.02. The summed E-state index contributed by atoms with van der Waals surface area (Å²) in [5.41, 5.74) is 0. The molecule has 72 valence electrons. The molecule has 1 fully saturated rings. The molecule has 0 radical (unpaired) electrons. The quantitative estimate of drug-likeness (QED) is 0.521. The first-order valence-electron chi connectivity index (χ1n) is 5.38. The van der Waals surface area contributed by atoms with Crippen LogP contribution in [0.4, 0.5) is 0 Å². The molecule has 0 amide bonds. The minimum absolute atomic E-state index is 0.348. The van der Waals surface area contributed by atoms with E-state index >= 15 is 0 Å². The van der Waals surface area contributed by atoms with Gasteiger partial charge in [-0.15, -0.1) is 0 Å². The van der Waals surface area contributed by atoms with Gasteiger partial charge in [0.15, 0.2) is 0 Å². The predicted octanol–water partition coefficient (Wildman–Crippen LogP) is 2.81. The number of allylic oxidation sites excluding steroid dienone is 2. The second kappa shape index (κ2) is 3.28. The third-order valence-corrected chi connectivity index (χ3v) is 3.58. The Morgan fingerprint density at radius 2 is 2.15 bits per heavy atom. The van der Waals surface area contributed by atoms with Crippen molar-refractivity contribution in [2.75, 3.05) is 0 Å². The molecule has 2 aliphatic rings. The lowest BCUT2D eigenvalue weighted by Gasteiger charge is -2.38. The van der Waals surface area contributed by atoms with Gasteiger partial charge in [-0.25, -0.2) is 0 Å². The van der Waals surface area contributed by atoms with Crippen molar-refractivity contribution < 1.29 is 4.79 Å². The Morgan fingerprint density at radius 1 is 1.38 bits per heavy atom. The van der Waals surface area contributed by atoms with Gasteiger partial charge in [0.25, 0.3) is 0 Å². The first kappa shape index (κ1) is 8.98. The third kappa shape index (κ3) is 1.56. The minimum atomic E-state index is 0.348. The van der Waals surface area contributed by atoms with Crippen molar-refractivity contribution in [2.24, 2.45) is 23.7 Å². The first-order valence-corrected chi connectivity index (χ1v) is 5.38. The van der Waals surface area contributed by atoms with Crippen molar-refractivity contribution in [3.05, 3.63) is 12.2 Å². The summed E-state index contributed by atoms with van der Waals surface area (Å²) in [4.78, 5) is 11.8. The number of hydrogen-bond donors (Lipinski definition) is 0. The molecule has 13 heavy (non-hydrogen) atoms. The highest BCUT2D eigenvalue weighted by atomic mass is 16.1. The molecule has 0 saturated heterocycles. The lowest BCUT2D eigenvalue weighted by molar-refractivity contribution is -0.129. The summed E-state index contributed by atoms with van der Waals surface area (Å²) in [6, 6.07) is 0. The zero-order valence-corrected chi connectivity index (χ0v) is 8.49. The lowest BCUT2D eigenvalue weighted by Crippen LogP contribution is -2.37. The van der Waals surface area contributed by atoms with E-state index < -0.39 is 0 Å². The van der Waals surface area contributed by atoms with Gasteiger partial charge in [0, 0.05) is 12.3 Å². The van der Waals surface area contributed by atoms with E-state index in [0.717, 1.165) is 12.8 Å².